The second-order valence-corrected chi connectivity index (χ2v) is 4.96. The van der Waals surface area contributed by atoms with Gasteiger partial charge in [-0.25, -0.2) is 4.39 Å². The molecule has 0 saturated heterocycles. The van der Waals surface area contributed by atoms with E-state index in [9.17, 15) is 14.0 Å². The van der Waals surface area contributed by atoms with E-state index in [0.29, 0.717) is 5.75 Å². The predicted octanol–water partition coefficient (Wildman–Crippen LogP) is 1.66. The molecule has 0 aromatic heterocycles. The Morgan fingerprint density at radius 3 is 2.39 bits per heavy atom. The minimum atomic E-state index is -0.935. The number of halogens is 1. The van der Waals surface area contributed by atoms with Crippen molar-refractivity contribution in [2.75, 3.05) is 7.11 Å². The first-order valence-electron chi connectivity index (χ1n) is 6.99. The van der Waals surface area contributed by atoms with Gasteiger partial charge in [-0.05, 0) is 29.8 Å². The monoisotopic (exact) mass is 316 g/mol. The summed E-state index contributed by atoms with van der Waals surface area (Å²) in [4.78, 5) is 23.7. The van der Waals surface area contributed by atoms with Crippen molar-refractivity contribution in [2.45, 2.75) is 12.5 Å². The van der Waals surface area contributed by atoms with Gasteiger partial charge in [-0.15, -0.1) is 0 Å². The topological polar surface area (TPSA) is 81.4 Å². The summed E-state index contributed by atoms with van der Waals surface area (Å²) in [5.41, 5.74) is 6.00. The van der Waals surface area contributed by atoms with Crippen molar-refractivity contribution in [3.63, 3.8) is 0 Å². The van der Waals surface area contributed by atoms with Gasteiger partial charge in [0.2, 0.25) is 5.91 Å². The van der Waals surface area contributed by atoms with Crippen LogP contribution >= 0.6 is 0 Å². The van der Waals surface area contributed by atoms with E-state index in [2.05, 4.69) is 5.32 Å². The highest BCUT2D eigenvalue weighted by Gasteiger charge is 2.21. The molecule has 2 rings (SSSR count). The third kappa shape index (κ3) is 4.29. The fraction of sp³-hybridized carbons (Fsp3) is 0.176. The molecule has 0 saturated carbocycles. The Balaban J connectivity index is 2.11. The third-order valence-corrected chi connectivity index (χ3v) is 3.37. The molecule has 5 nitrogen and oxygen atoms in total. The molecule has 0 aliphatic rings. The van der Waals surface area contributed by atoms with Crippen LogP contribution in [-0.2, 0) is 11.2 Å². The largest absolute Gasteiger partial charge is 0.497 e. The number of methoxy groups -OCH3 is 1. The fourth-order valence-corrected chi connectivity index (χ4v) is 2.10. The summed E-state index contributed by atoms with van der Waals surface area (Å²) >= 11 is 0. The lowest BCUT2D eigenvalue weighted by Gasteiger charge is -2.16. The van der Waals surface area contributed by atoms with Crippen LogP contribution in [0.3, 0.4) is 0 Å². The number of rotatable bonds is 6. The molecule has 2 aromatic carbocycles. The summed E-state index contributed by atoms with van der Waals surface area (Å²) < 4.78 is 18.7. The van der Waals surface area contributed by atoms with Crippen LogP contribution in [0.15, 0.2) is 48.5 Å². The Labute approximate surface area is 133 Å². The molecule has 0 heterocycles. The van der Waals surface area contributed by atoms with Crippen molar-refractivity contribution in [1.82, 2.24) is 5.32 Å². The molecule has 0 radical (unpaired) electrons. The Bertz CT molecular complexity index is 701. The average molecular weight is 316 g/mol. The quantitative estimate of drug-likeness (QED) is 0.850. The standard InChI is InChI=1S/C17H17FN2O3/c1-23-12-8-6-11(7-9-12)10-15(16(19)21)20-17(22)13-4-2-3-5-14(13)18/h2-9,15H,10H2,1H3,(H2,19,21)(H,20,22)/t15-/m0/s1. The van der Waals surface area contributed by atoms with Gasteiger partial charge in [0.25, 0.3) is 5.91 Å². The average Bonchev–Trinajstić information content (AvgIpc) is 2.55. The summed E-state index contributed by atoms with van der Waals surface area (Å²) in [6.45, 7) is 0. The second kappa shape index (κ2) is 7.40. The molecule has 0 aliphatic heterocycles. The third-order valence-electron chi connectivity index (χ3n) is 3.37. The summed E-state index contributed by atoms with van der Waals surface area (Å²) in [5, 5.41) is 2.47. The van der Waals surface area contributed by atoms with Crippen LogP contribution in [0.1, 0.15) is 15.9 Å². The molecule has 0 unspecified atom stereocenters. The fourth-order valence-electron chi connectivity index (χ4n) is 2.10. The number of amides is 2. The maximum atomic E-state index is 13.6. The Hall–Kier alpha value is -2.89. The summed E-state index contributed by atoms with van der Waals surface area (Å²) in [5.74, 6) is -1.34. The van der Waals surface area contributed by atoms with Crippen LogP contribution in [0.25, 0.3) is 0 Å². The van der Waals surface area contributed by atoms with E-state index in [1.807, 2.05) is 0 Å². The number of primary amides is 1. The lowest BCUT2D eigenvalue weighted by molar-refractivity contribution is -0.119. The molecule has 2 aromatic rings. The molecule has 120 valence electrons. The number of hydrogen-bond acceptors (Lipinski definition) is 3. The number of carbonyl (C=O) groups excluding carboxylic acids is 2. The van der Waals surface area contributed by atoms with Gasteiger partial charge in [0, 0.05) is 6.42 Å². The first-order chi connectivity index (χ1) is 11.0. The maximum Gasteiger partial charge on any atom is 0.254 e. The first-order valence-corrected chi connectivity index (χ1v) is 6.99. The minimum Gasteiger partial charge on any atom is -0.497 e. The van der Waals surface area contributed by atoms with E-state index in [1.165, 1.54) is 18.2 Å². The van der Waals surface area contributed by atoms with Crippen molar-refractivity contribution in [1.29, 1.82) is 0 Å². The van der Waals surface area contributed by atoms with Crippen LogP contribution in [0.5, 0.6) is 5.75 Å². The molecule has 0 bridgehead atoms. The van der Waals surface area contributed by atoms with Crippen LogP contribution in [0.2, 0.25) is 0 Å². The number of nitrogens with one attached hydrogen (secondary N) is 1. The van der Waals surface area contributed by atoms with Gasteiger partial charge in [-0.3, -0.25) is 9.59 Å². The molecule has 0 spiro atoms. The Morgan fingerprint density at radius 2 is 1.83 bits per heavy atom. The number of nitrogens with two attached hydrogens (primary N) is 1. The Morgan fingerprint density at radius 1 is 1.17 bits per heavy atom. The molecule has 0 aliphatic carbocycles. The second-order valence-electron chi connectivity index (χ2n) is 4.96. The van der Waals surface area contributed by atoms with E-state index in [4.69, 9.17) is 10.5 Å². The molecule has 2 amide bonds. The smallest absolute Gasteiger partial charge is 0.254 e. The summed E-state index contributed by atoms with van der Waals surface area (Å²) in [6, 6.07) is 11.6. The molecule has 0 fully saturated rings. The maximum absolute atomic E-state index is 13.6. The molecular weight excluding hydrogens is 299 g/mol. The van der Waals surface area contributed by atoms with Gasteiger partial charge in [0.1, 0.15) is 17.6 Å². The zero-order valence-corrected chi connectivity index (χ0v) is 12.6. The van der Waals surface area contributed by atoms with E-state index >= 15 is 0 Å². The van der Waals surface area contributed by atoms with E-state index in [-0.39, 0.29) is 12.0 Å². The van der Waals surface area contributed by atoms with E-state index < -0.39 is 23.7 Å². The van der Waals surface area contributed by atoms with Gasteiger partial charge in [-0.2, -0.15) is 0 Å². The van der Waals surface area contributed by atoms with Gasteiger partial charge in [0.05, 0.1) is 12.7 Å². The predicted molar refractivity (Wildman–Crippen MR) is 83.5 cm³/mol. The number of hydrogen-bond donors (Lipinski definition) is 2. The first kappa shape index (κ1) is 16.5. The van der Waals surface area contributed by atoms with Gasteiger partial charge >= 0.3 is 0 Å². The Kier molecular flexibility index (Phi) is 5.30. The molecule has 6 heteroatoms. The molecule has 3 N–H and O–H groups in total. The molecule has 23 heavy (non-hydrogen) atoms. The molecule has 1 atom stereocenters. The highest BCUT2D eigenvalue weighted by atomic mass is 19.1. The highest BCUT2D eigenvalue weighted by molar-refractivity contribution is 5.97. The van der Waals surface area contributed by atoms with E-state index in [0.717, 1.165) is 5.56 Å². The lowest BCUT2D eigenvalue weighted by Crippen LogP contribution is -2.46. The summed E-state index contributed by atoms with van der Waals surface area (Å²) in [7, 11) is 1.55. The highest BCUT2D eigenvalue weighted by Crippen LogP contribution is 2.13. The van der Waals surface area contributed by atoms with Gasteiger partial charge < -0.3 is 15.8 Å². The van der Waals surface area contributed by atoms with Crippen LogP contribution < -0.4 is 15.8 Å². The van der Waals surface area contributed by atoms with E-state index in [1.54, 1.807) is 37.4 Å². The number of benzene rings is 2. The van der Waals surface area contributed by atoms with Crippen molar-refractivity contribution in [3.05, 3.63) is 65.5 Å². The van der Waals surface area contributed by atoms with Gasteiger partial charge in [0.15, 0.2) is 0 Å². The molecular formula is C17H17FN2O3. The van der Waals surface area contributed by atoms with Crippen molar-refractivity contribution >= 4 is 11.8 Å². The zero-order valence-electron chi connectivity index (χ0n) is 12.6. The lowest BCUT2D eigenvalue weighted by atomic mass is 10.0. The normalized spacial score (nSPS) is 11.6. The van der Waals surface area contributed by atoms with Crippen LogP contribution in [-0.4, -0.2) is 25.0 Å². The SMILES string of the molecule is COc1ccc(C[C@H](NC(=O)c2ccccc2F)C(N)=O)cc1. The summed E-state index contributed by atoms with van der Waals surface area (Å²) in [6.07, 6.45) is 0.208. The number of carbonyl (C=O) groups is 2. The van der Waals surface area contributed by atoms with Gasteiger partial charge in [-0.1, -0.05) is 24.3 Å². The van der Waals surface area contributed by atoms with Crippen LogP contribution in [0.4, 0.5) is 4.39 Å². The minimum absolute atomic E-state index is 0.131. The number of ether oxygens (including phenoxy) is 1. The van der Waals surface area contributed by atoms with Crippen molar-refractivity contribution in [3.8, 4) is 5.75 Å². The van der Waals surface area contributed by atoms with Crippen LogP contribution in [0, 0.1) is 5.82 Å². The zero-order chi connectivity index (χ0) is 16.8. The van der Waals surface area contributed by atoms with Crippen molar-refractivity contribution in [2.24, 2.45) is 5.73 Å². The van der Waals surface area contributed by atoms with Crippen molar-refractivity contribution < 1.29 is 18.7 Å².